The number of likely N-dealkylation sites (N-methyl/N-ethyl adjacent to an activating group) is 1. The maximum Gasteiger partial charge on any atom is 0.238 e. The number of methoxy groups -OCH3 is 1. The summed E-state index contributed by atoms with van der Waals surface area (Å²) in [7, 11) is 3.31. The number of nitrogens with one attached hydrogen (secondary N) is 1. The van der Waals surface area contributed by atoms with Gasteiger partial charge in [0.1, 0.15) is 5.75 Å². The van der Waals surface area contributed by atoms with Crippen LogP contribution < -0.4 is 10.1 Å². The first kappa shape index (κ1) is 13.0. The Bertz CT molecular complexity index is 409. The molecule has 0 aliphatic rings. The fraction of sp³-hybridized carbons (Fsp3) is 0.333. The van der Waals surface area contributed by atoms with Gasteiger partial charge in [-0.15, -0.1) is 0 Å². The Hall–Kier alpha value is -2.06. The highest BCUT2D eigenvalue weighted by Crippen LogP contribution is 2.14. The van der Waals surface area contributed by atoms with Crippen molar-refractivity contribution in [2.24, 2.45) is 0 Å². The molecule has 0 aromatic heterocycles. The van der Waals surface area contributed by atoms with Gasteiger partial charge in [0.05, 0.1) is 26.3 Å². The van der Waals surface area contributed by atoms with Gasteiger partial charge in [-0.05, 0) is 31.3 Å². The van der Waals surface area contributed by atoms with Crippen molar-refractivity contribution in [1.82, 2.24) is 4.90 Å². The van der Waals surface area contributed by atoms with E-state index in [-0.39, 0.29) is 19.0 Å². The van der Waals surface area contributed by atoms with Gasteiger partial charge < -0.3 is 10.1 Å². The van der Waals surface area contributed by atoms with Gasteiger partial charge in [0.2, 0.25) is 5.91 Å². The number of ether oxygens (including phenoxy) is 1. The molecule has 1 aromatic rings. The summed E-state index contributed by atoms with van der Waals surface area (Å²) in [6.45, 7) is 0.426. The zero-order valence-corrected chi connectivity index (χ0v) is 9.93. The van der Waals surface area contributed by atoms with Crippen LogP contribution in [-0.2, 0) is 4.79 Å². The molecule has 0 aliphatic carbocycles. The second-order valence-corrected chi connectivity index (χ2v) is 3.61. The van der Waals surface area contributed by atoms with Crippen molar-refractivity contribution in [2.45, 2.75) is 0 Å². The first-order chi connectivity index (χ1) is 8.15. The van der Waals surface area contributed by atoms with Gasteiger partial charge >= 0.3 is 0 Å². The molecule has 5 heteroatoms. The van der Waals surface area contributed by atoms with Gasteiger partial charge in [-0.2, -0.15) is 5.26 Å². The summed E-state index contributed by atoms with van der Waals surface area (Å²) in [5.74, 6) is 0.595. The number of carbonyl (C=O) groups excluding carboxylic acids is 1. The van der Waals surface area contributed by atoms with Crippen molar-refractivity contribution in [1.29, 1.82) is 5.26 Å². The molecule has 0 spiro atoms. The average molecular weight is 233 g/mol. The standard InChI is InChI=1S/C12H15N3O2/c1-15(8-7-13)9-12(16)14-10-3-5-11(17-2)6-4-10/h3-6H,8-9H2,1-2H3,(H,14,16). The Labute approximate surface area is 101 Å². The van der Waals surface area contributed by atoms with Crippen LogP contribution in [0.4, 0.5) is 5.69 Å². The molecule has 1 rings (SSSR count). The lowest BCUT2D eigenvalue weighted by molar-refractivity contribution is -0.116. The number of hydrogen-bond acceptors (Lipinski definition) is 4. The Morgan fingerprint density at radius 2 is 2.12 bits per heavy atom. The predicted molar refractivity (Wildman–Crippen MR) is 64.7 cm³/mol. The minimum absolute atomic E-state index is 0.145. The van der Waals surface area contributed by atoms with Crippen LogP contribution in [0.2, 0.25) is 0 Å². The van der Waals surface area contributed by atoms with Crippen LogP contribution >= 0.6 is 0 Å². The topological polar surface area (TPSA) is 65.4 Å². The first-order valence-electron chi connectivity index (χ1n) is 5.15. The molecule has 1 amide bonds. The number of amides is 1. The maximum atomic E-state index is 11.6. The van der Waals surface area contributed by atoms with E-state index in [0.717, 1.165) is 5.75 Å². The van der Waals surface area contributed by atoms with Gasteiger partial charge in [-0.25, -0.2) is 0 Å². The number of carbonyl (C=O) groups is 1. The summed E-state index contributed by atoms with van der Waals surface area (Å²) in [5.41, 5.74) is 0.709. The van der Waals surface area contributed by atoms with E-state index in [9.17, 15) is 4.79 Å². The summed E-state index contributed by atoms with van der Waals surface area (Å²) in [6.07, 6.45) is 0. The van der Waals surface area contributed by atoms with Crippen LogP contribution in [0.5, 0.6) is 5.75 Å². The van der Waals surface area contributed by atoms with Gasteiger partial charge in [-0.3, -0.25) is 9.69 Å². The second kappa shape index (κ2) is 6.51. The second-order valence-electron chi connectivity index (χ2n) is 3.61. The lowest BCUT2D eigenvalue weighted by Gasteiger charge is -2.12. The molecule has 0 aliphatic heterocycles. The zero-order valence-electron chi connectivity index (χ0n) is 9.93. The molecule has 0 saturated carbocycles. The van der Waals surface area contributed by atoms with Gasteiger partial charge in [0.25, 0.3) is 0 Å². The van der Waals surface area contributed by atoms with Crippen molar-refractivity contribution in [3.63, 3.8) is 0 Å². The van der Waals surface area contributed by atoms with E-state index >= 15 is 0 Å². The molecule has 5 nitrogen and oxygen atoms in total. The fourth-order valence-corrected chi connectivity index (χ4v) is 1.30. The molecule has 0 saturated heterocycles. The zero-order chi connectivity index (χ0) is 12.7. The Balaban J connectivity index is 2.48. The summed E-state index contributed by atoms with van der Waals surface area (Å²) >= 11 is 0. The summed E-state index contributed by atoms with van der Waals surface area (Å²) < 4.78 is 5.01. The molecule has 17 heavy (non-hydrogen) atoms. The molecule has 0 bridgehead atoms. The lowest BCUT2D eigenvalue weighted by Crippen LogP contribution is -2.30. The summed E-state index contributed by atoms with van der Waals surface area (Å²) in [4.78, 5) is 13.2. The highest BCUT2D eigenvalue weighted by molar-refractivity contribution is 5.92. The van der Waals surface area contributed by atoms with E-state index in [1.165, 1.54) is 0 Å². The van der Waals surface area contributed by atoms with E-state index in [0.29, 0.717) is 5.69 Å². The quantitative estimate of drug-likeness (QED) is 0.773. The Kier molecular flexibility index (Phi) is 4.98. The number of nitrogens with zero attached hydrogens (tertiary/aromatic N) is 2. The number of rotatable bonds is 5. The first-order valence-corrected chi connectivity index (χ1v) is 5.15. The summed E-state index contributed by atoms with van der Waals surface area (Å²) in [6, 6.07) is 9.06. The van der Waals surface area contributed by atoms with Crippen LogP contribution in [0.3, 0.4) is 0 Å². The van der Waals surface area contributed by atoms with Crippen molar-refractivity contribution < 1.29 is 9.53 Å². The van der Waals surface area contributed by atoms with Crippen molar-refractivity contribution >= 4 is 11.6 Å². The van der Waals surface area contributed by atoms with Gasteiger partial charge in [-0.1, -0.05) is 0 Å². The van der Waals surface area contributed by atoms with Crippen molar-refractivity contribution in [2.75, 3.05) is 32.6 Å². The van der Waals surface area contributed by atoms with E-state index in [1.54, 1.807) is 43.3 Å². The van der Waals surface area contributed by atoms with Crippen molar-refractivity contribution in [3.8, 4) is 11.8 Å². The van der Waals surface area contributed by atoms with E-state index < -0.39 is 0 Å². The van der Waals surface area contributed by atoms with E-state index in [2.05, 4.69) is 5.32 Å². The average Bonchev–Trinajstić information content (AvgIpc) is 2.30. The molecule has 0 unspecified atom stereocenters. The van der Waals surface area contributed by atoms with Crippen molar-refractivity contribution in [3.05, 3.63) is 24.3 Å². The van der Waals surface area contributed by atoms with Gasteiger partial charge in [0, 0.05) is 5.69 Å². The SMILES string of the molecule is COc1ccc(NC(=O)CN(C)CC#N)cc1. The number of benzene rings is 1. The minimum Gasteiger partial charge on any atom is -0.497 e. The van der Waals surface area contributed by atoms with Gasteiger partial charge in [0.15, 0.2) is 0 Å². The number of anilines is 1. The van der Waals surface area contributed by atoms with Crippen LogP contribution in [0, 0.1) is 11.3 Å². The van der Waals surface area contributed by atoms with Crippen LogP contribution in [0.25, 0.3) is 0 Å². The molecule has 90 valence electrons. The third-order valence-corrected chi connectivity index (χ3v) is 2.13. The molecule has 0 radical (unpaired) electrons. The lowest BCUT2D eigenvalue weighted by atomic mass is 10.3. The highest BCUT2D eigenvalue weighted by Gasteiger charge is 2.06. The third kappa shape index (κ3) is 4.53. The smallest absolute Gasteiger partial charge is 0.238 e. The van der Waals surface area contributed by atoms with Crippen LogP contribution in [-0.4, -0.2) is 38.1 Å². The molecular weight excluding hydrogens is 218 g/mol. The predicted octanol–water partition coefficient (Wildman–Crippen LogP) is 1.09. The largest absolute Gasteiger partial charge is 0.497 e. The van der Waals surface area contributed by atoms with E-state index in [4.69, 9.17) is 10.00 Å². The molecule has 1 aromatic carbocycles. The van der Waals surface area contributed by atoms with E-state index in [1.807, 2.05) is 6.07 Å². The third-order valence-electron chi connectivity index (χ3n) is 2.13. The molecule has 0 fully saturated rings. The Morgan fingerprint density at radius 3 is 2.65 bits per heavy atom. The normalized spacial score (nSPS) is 9.76. The maximum absolute atomic E-state index is 11.6. The highest BCUT2D eigenvalue weighted by atomic mass is 16.5. The Morgan fingerprint density at radius 1 is 1.47 bits per heavy atom. The molecule has 1 N–H and O–H groups in total. The fourth-order valence-electron chi connectivity index (χ4n) is 1.30. The minimum atomic E-state index is -0.145. The van der Waals surface area contributed by atoms with Crippen LogP contribution in [0.1, 0.15) is 0 Å². The molecular formula is C12H15N3O2. The molecule has 0 heterocycles. The number of nitriles is 1. The summed E-state index contributed by atoms with van der Waals surface area (Å²) in [5, 5.41) is 11.2. The monoisotopic (exact) mass is 233 g/mol. The van der Waals surface area contributed by atoms with Crippen LogP contribution in [0.15, 0.2) is 24.3 Å². The molecule has 0 atom stereocenters. The number of hydrogen-bond donors (Lipinski definition) is 1.